The Morgan fingerprint density at radius 1 is 1.36 bits per heavy atom. The average molecular weight is 468 g/mol. The van der Waals surface area contributed by atoms with Crippen molar-refractivity contribution in [2.24, 2.45) is 5.73 Å². The Labute approximate surface area is 163 Å². The second-order valence-electron chi connectivity index (χ2n) is 5.61. The predicted molar refractivity (Wildman–Crippen MR) is 106 cm³/mol. The van der Waals surface area contributed by atoms with Gasteiger partial charge in [-0.25, -0.2) is 9.97 Å². The zero-order chi connectivity index (χ0) is 18.1. The summed E-state index contributed by atoms with van der Waals surface area (Å²) in [4.78, 5) is 23.3. The highest BCUT2D eigenvalue weighted by atomic mass is 127. The van der Waals surface area contributed by atoms with Crippen molar-refractivity contribution in [3.63, 3.8) is 0 Å². The SMILES string of the molecule is Cc1ccc(Cl)cc1Cc1[nH]c(-c2nc(N)ncc2I)cc1C(N)=O. The lowest BCUT2D eigenvalue weighted by Gasteiger charge is -2.07. The Balaban J connectivity index is 2.08. The number of benzene rings is 1. The molecule has 3 rings (SSSR count). The van der Waals surface area contributed by atoms with E-state index in [1.807, 2.05) is 25.1 Å². The number of aryl methyl sites for hydroxylation is 1. The molecule has 2 aromatic heterocycles. The molecular formula is C17H15ClIN5O. The van der Waals surface area contributed by atoms with E-state index in [9.17, 15) is 4.79 Å². The first-order valence-electron chi connectivity index (χ1n) is 7.40. The Morgan fingerprint density at radius 2 is 2.12 bits per heavy atom. The molecule has 5 N–H and O–H groups in total. The number of H-pyrrole nitrogens is 1. The number of nitrogens with one attached hydrogen (secondary N) is 1. The maximum Gasteiger partial charge on any atom is 0.250 e. The van der Waals surface area contributed by atoms with Crippen LogP contribution in [0.2, 0.25) is 5.02 Å². The van der Waals surface area contributed by atoms with Crippen molar-refractivity contribution in [1.29, 1.82) is 0 Å². The van der Waals surface area contributed by atoms with Gasteiger partial charge in [-0.15, -0.1) is 0 Å². The Hall–Kier alpha value is -2.13. The zero-order valence-electron chi connectivity index (χ0n) is 13.3. The minimum absolute atomic E-state index is 0.165. The van der Waals surface area contributed by atoms with E-state index in [0.29, 0.717) is 34.1 Å². The molecule has 25 heavy (non-hydrogen) atoms. The third kappa shape index (κ3) is 3.77. The molecule has 0 aliphatic heterocycles. The van der Waals surface area contributed by atoms with Gasteiger partial charge < -0.3 is 16.5 Å². The van der Waals surface area contributed by atoms with Gasteiger partial charge in [-0.05, 0) is 58.8 Å². The van der Waals surface area contributed by atoms with Gasteiger partial charge in [-0.3, -0.25) is 4.79 Å². The van der Waals surface area contributed by atoms with Gasteiger partial charge in [0, 0.05) is 23.3 Å². The van der Waals surface area contributed by atoms with E-state index in [2.05, 4.69) is 37.5 Å². The zero-order valence-corrected chi connectivity index (χ0v) is 16.2. The number of anilines is 1. The molecular weight excluding hydrogens is 453 g/mol. The van der Waals surface area contributed by atoms with Crippen LogP contribution >= 0.6 is 34.2 Å². The fourth-order valence-corrected chi connectivity index (χ4v) is 3.32. The van der Waals surface area contributed by atoms with Crippen LogP contribution in [0.15, 0.2) is 30.5 Å². The summed E-state index contributed by atoms with van der Waals surface area (Å²) in [7, 11) is 0. The number of aromatic nitrogens is 3. The number of hydrogen-bond donors (Lipinski definition) is 3. The highest BCUT2D eigenvalue weighted by molar-refractivity contribution is 14.1. The molecule has 2 heterocycles. The maximum atomic E-state index is 11.9. The highest BCUT2D eigenvalue weighted by Crippen LogP contribution is 2.27. The molecule has 0 unspecified atom stereocenters. The normalized spacial score (nSPS) is 10.8. The summed E-state index contributed by atoms with van der Waals surface area (Å²) in [6.07, 6.45) is 2.13. The van der Waals surface area contributed by atoms with Crippen molar-refractivity contribution in [3.05, 3.63) is 61.4 Å². The van der Waals surface area contributed by atoms with Crippen LogP contribution in [0, 0.1) is 10.5 Å². The standard InChI is InChI=1S/C17H15ClIN5O/c1-8-2-3-10(18)4-9(8)5-13-11(16(20)25)6-14(23-13)15-12(19)7-22-17(21)24-15/h2-4,6-7,23H,5H2,1H3,(H2,20,25)(H2,21,22,24). The molecule has 3 aromatic rings. The first-order valence-corrected chi connectivity index (χ1v) is 8.86. The van der Waals surface area contributed by atoms with Crippen LogP contribution in [0.25, 0.3) is 11.4 Å². The average Bonchev–Trinajstić information content (AvgIpc) is 2.97. The van der Waals surface area contributed by atoms with Crippen LogP contribution < -0.4 is 11.5 Å². The van der Waals surface area contributed by atoms with E-state index in [1.165, 1.54) is 0 Å². The predicted octanol–water partition coefficient (Wildman–Crippen LogP) is 3.31. The molecule has 0 aliphatic rings. The second kappa shape index (κ2) is 7.01. The summed E-state index contributed by atoms with van der Waals surface area (Å²) in [5.74, 6) is -0.341. The van der Waals surface area contributed by atoms with Crippen molar-refractivity contribution < 1.29 is 4.79 Å². The molecule has 0 fully saturated rings. The van der Waals surface area contributed by atoms with E-state index >= 15 is 0 Å². The fraction of sp³-hybridized carbons (Fsp3) is 0.118. The van der Waals surface area contributed by atoms with Gasteiger partial charge in [0.05, 0.1) is 14.8 Å². The molecule has 8 heteroatoms. The quantitative estimate of drug-likeness (QED) is 0.511. The van der Waals surface area contributed by atoms with Crippen molar-refractivity contribution in [2.45, 2.75) is 13.3 Å². The van der Waals surface area contributed by atoms with Gasteiger partial charge in [0.1, 0.15) is 5.69 Å². The highest BCUT2D eigenvalue weighted by Gasteiger charge is 2.17. The number of aromatic amines is 1. The van der Waals surface area contributed by atoms with E-state index in [4.69, 9.17) is 23.1 Å². The molecule has 0 bridgehead atoms. The summed E-state index contributed by atoms with van der Waals surface area (Å²) in [5.41, 5.74) is 15.8. The molecule has 1 amide bonds. The lowest BCUT2D eigenvalue weighted by Crippen LogP contribution is -2.12. The Bertz CT molecular complexity index is 970. The number of nitrogen functional groups attached to an aromatic ring is 1. The molecule has 0 saturated carbocycles. The number of amides is 1. The Morgan fingerprint density at radius 3 is 2.84 bits per heavy atom. The van der Waals surface area contributed by atoms with Gasteiger partial charge in [-0.2, -0.15) is 0 Å². The number of carbonyl (C=O) groups excluding carboxylic acids is 1. The van der Waals surface area contributed by atoms with E-state index in [1.54, 1.807) is 12.3 Å². The first kappa shape index (κ1) is 17.7. The number of nitrogens with zero attached hydrogens (tertiary/aromatic N) is 2. The first-order chi connectivity index (χ1) is 11.8. The van der Waals surface area contributed by atoms with Crippen LogP contribution in [0.5, 0.6) is 0 Å². The molecule has 0 aliphatic carbocycles. The molecule has 1 aromatic carbocycles. The van der Waals surface area contributed by atoms with Gasteiger partial charge >= 0.3 is 0 Å². The van der Waals surface area contributed by atoms with Crippen LogP contribution in [-0.2, 0) is 6.42 Å². The molecule has 6 nitrogen and oxygen atoms in total. The number of carbonyl (C=O) groups is 1. The van der Waals surface area contributed by atoms with Crippen LogP contribution in [0.1, 0.15) is 27.2 Å². The monoisotopic (exact) mass is 467 g/mol. The summed E-state index contributed by atoms with van der Waals surface area (Å²) < 4.78 is 0.814. The van der Waals surface area contributed by atoms with Crippen LogP contribution in [0.4, 0.5) is 5.95 Å². The van der Waals surface area contributed by atoms with Crippen molar-refractivity contribution in [3.8, 4) is 11.4 Å². The van der Waals surface area contributed by atoms with E-state index < -0.39 is 5.91 Å². The summed E-state index contributed by atoms with van der Waals surface area (Å²) in [6, 6.07) is 7.36. The van der Waals surface area contributed by atoms with Gasteiger partial charge in [0.15, 0.2) is 0 Å². The number of halogens is 2. The van der Waals surface area contributed by atoms with Crippen LogP contribution in [0.3, 0.4) is 0 Å². The number of primary amides is 1. The van der Waals surface area contributed by atoms with Crippen molar-refractivity contribution >= 4 is 46.0 Å². The van der Waals surface area contributed by atoms with Crippen molar-refractivity contribution in [1.82, 2.24) is 15.0 Å². The third-order valence-corrected chi connectivity index (χ3v) is 4.89. The molecule has 0 spiro atoms. The largest absolute Gasteiger partial charge is 0.368 e. The second-order valence-corrected chi connectivity index (χ2v) is 7.21. The molecule has 0 radical (unpaired) electrons. The third-order valence-electron chi connectivity index (χ3n) is 3.86. The van der Waals surface area contributed by atoms with E-state index in [0.717, 1.165) is 14.7 Å². The lowest BCUT2D eigenvalue weighted by molar-refractivity contribution is 0.0999. The Kier molecular flexibility index (Phi) is 4.96. The number of nitrogens with two attached hydrogens (primary N) is 2. The van der Waals surface area contributed by atoms with Crippen LogP contribution in [-0.4, -0.2) is 20.9 Å². The number of rotatable bonds is 4. The smallest absolute Gasteiger partial charge is 0.250 e. The summed E-state index contributed by atoms with van der Waals surface area (Å²) in [6.45, 7) is 1.99. The van der Waals surface area contributed by atoms with Gasteiger partial charge in [-0.1, -0.05) is 17.7 Å². The van der Waals surface area contributed by atoms with Gasteiger partial charge in [0.2, 0.25) is 5.95 Å². The summed E-state index contributed by atoms with van der Waals surface area (Å²) in [5, 5.41) is 0.645. The number of hydrogen-bond acceptors (Lipinski definition) is 4. The maximum absolute atomic E-state index is 11.9. The lowest BCUT2D eigenvalue weighted by atomic mass is 10.0. The molecule has 0 saturated heterocycles. The topological polar surface area (TPSA) is 111 Å². The summed E-state index contributed by atoms with van der Waals surface area (Å²) >= 11 is 8.21. The minimum atomic E-state index is -0.505. The van der Waals surface area contributed by atoms with E-state index in [-0.39, 0.29) is 5.95 Å². The molecule has 128 valence electrons. The van der Waals surface area contributed by atoms with Gasteiger partial charge in [0.25, 0.3) is 5.91 Å². The fourth-order valence-electron chi connectivity index (χ4n) is 2.57. The molecule has 0 atom stereocenters. The minimum Gasteiger partial charge on any atom is -0.368 e. The van der Waals surface area contributed by atoms with Crippen molar-refractivity contribution in [2.75, 3.05) is 5.73 Å².